The van der Waals surface area contributed by atoms with Gasteiger partial charge in [-0.3, -0.25) is 4.79 Å². The molecule has 20 heavy (non-hydrogen) atoms. The highest BCUT2D eigenvalue weighted by Crippen LogP contribution is 2.23. The van der Waals surface area contributed by atoms with Crippen LogP contribution < -0.4 is 10.6 Å². The van der Waals surface area contributed by atoms with E-state index in [0.29, 0.717) is 6.04 Å². The van der Waals surface area contributed by atoms with Crippen molar-refractivity contribution in [2.45, 2.75) is 57.5 Å². The van der Waals surface area contributed by atoms with Crippen LogP contribution in [0.4, 0.5) is 0 Å². The van der Waals surface area contributed by atoms with Crippen LogP contribution in [0.15, 0.2) is 30.3 Å². The zero-order valence-electron chi connectivity index (χ0n) is 12.8. The number of carbonyl (C=O) groups is 1. The number of benzene rings is 1. The van der Waals surface area contributed by atoms with Gasteiger partial charge in [-0.25, -0.2) is 0 Å². The first-order valence-electron chi connectivity index (χ1n) is 7.61. The summed E-state index contributed by atoms with van der Waals surface area (Å²) in [7, 11) is 0. The van der Waals surface area contributed by atoms with E-state index in [2.05, 4.69) is 17.6 Å². The van der Waals surface area contributed by atoms with Gasteiger partial charge < -0.3 is 10.6 Å². The van der Waals surface area contributed by atoms with Gasteiger partial charge in [-0.15, -0.1) is 0 Å². The summed E-state index contributed by atoms with van der Waals surface area (Å²) < 4.78 is 0. The molecular weight excluding hydrogens is 248 g/mol. The lowest BCUT2D eigenvalue weighted by atomic mass is 9.83. The molecule has 3 nitrogen and oxygen atoms in total. The number of amides is 1. The molecule has 3 heteroatoms. The topological polar surface area (TPSA) is 41.1 Å². The standard InChI is InChI=1S/C17H26N2O/c1-13(15-11-7-8-12-18-15)19-16(20)17(2,3)14-9-5-4-6-10-14/h4-6,9-10,13,15,18H,7-8,11-12H2,1-3H3,(H,19,20). The lowest BCUT2D eigenvalue weighted by Crippen LogP contribution is -2.53. The Morgan fingerprint density at radius 2 is 2.00 bits per heavy atom. The molecule has 0 radical (unpaired) electrons. The maximum Gasteiger partial charge on any atom is 0.230 e. The van der Waals surface area contributed by atoms with Gasteiger partial charge in [0.25, 0.3) is 0 Å². The summed E-state index contributed by atoms with van der Waals surface area (Å²) in [5, 5.41) is 6.69. The molecule has 0 saturated carbocycles. The van der Waals surface area contributed by atoms with Gasteiger partial charge in [0.15, 0.2) is 0 Å². The van der Waals surface area contributed by atoms with Gasteiger partial charge in [0.1, 0.15) is 0 Å². The summed E-state index contributed by atoms with van der Waals surface area (Å²) in [6, 6.07) is 10.6. The van der Waals surface area contributed by atoms with Crippen molar-refractivity contribution in [3.8, 4) is 0 Å². The number of hydrogen-bond donors (Lipinski definition) is 2. The van der Waals surface area contributed by atoms with E-state index >= 15 is 0 Å². The third-order valence-corrected chi connectivity index (χ3v) is 4.37. The van der Waals surface area contributed by atoms with Crippen LogP contribution in [0.2, 0.25) is 0 Å². The largest absolute Gasteiger partial charge is 0.351 e. The van der Waals surface area contributed by atoms with Crippen molar-refractivity contribution in [2.75, 3.05) is 6.54 Å². The highest BCUT2D eigenvalue weighted by atomic mass is 16.2. The Labute approximate surface area is 122 Å². The summed E-state index contributed by atoms with van der Waals surface area (Å²) in [6.07, 6.45) is 3.64. The van der Waals surface area contributed by atoms with E-state index in [1.165, 1.54) is 12.8 Å². The molecule has 1 aromatic rings. The normalized spacial score (nSPS) is 21.2. The first-order chi connectivity index (χ1) is 9.51. The quantitative estimate of drug-likeness (QED) is 0.886. The average Bonchev–Trinajstić information content (AvgIpc) is 2.49. The summed E-state index contributed by atoms with van der Waals surface area (Å²) in [4.78, 5) is 12.6. The predicted octanol–water partition coefficient (Wildman–Crippen LogP) is 2.61. The SMILES string of the molecule is CC(NC(=O)C(C)(C)c1ccccc1)C1CCCCN1. The van der Waals surface area contributed by atoms with Gasteiger partial charge in [-0.2, -0.15) is 0 Å². The van der Waals surface area contributed by atoms with Crippen LogP contribution in [0.3, 0.4) is 0 Å². The van der Waals surface area contributed by atoms with Crippen LogP contribution in [0.25, 0.3) is 0 Å². The van der Waals surface area contributed by atoms with E-state index in [1.54, 1.807) is 0 Å². The molecule has 2 unspecified atom stereocenters. The predicted molar refractivity (Wildman–Crippen MR) is 82.7 cm³/mol. The fraction of sp³-hybridized carbons (Fsp3) is 0.588. The van der Waals surface area contributed by atoms with E-state index in [1.807, 2.05) is 44.2 Å². The number of piperidine rings is 1. The molecule has 0 aromatic heterocycles. The van der Waals surface area contributed by atoms with Gasteiger partial charge >= 0.3 is 0 Å². The van der Waals surface area contributed by atoms with Crippen molar-refractivity contribution in [3.05, 3.63) is 35.9 Å². The number of nitrogens with one attached hydrogen (secondary N) is 2. The van der Waals surface area contributed by atoms with Gasteiger partial charge in [0.05, 0.1) is 5.41 Å². The molecular formula is C17H26N2O. The molecule has 2 N–H and O–H groups in total. The van der Waals surface area contributed by atoms with Crippen LogP contribution >= 0.6 is 0 Å². The molecule has 1 fully saturated rings. The number of rotatable bonds is 4. The second-order valence-electron chi connectivity index (χ2n) is 6.31. The fourth-order valence-electron chi connectivity index (χ4n) is 2.78. The minimum absolute atomic E-state index is 0.101. The highest BCUT2D eigenvalue weighted by molar-refractivity contribution is 5.87. The van der Waals surface area contributed by atoms with Gasteiger partial charge in [0.2, 0.25) is 5.91 Å². The van der Waals surface area contributed by atoms with Gasteiger partial charge in [-0.1, -0.05) is 36.8 Å². The minimum Gasteiger partial charge on any atom is -0.351 e. The molecule has 2 rings (SSSR count). The molecule has 1 heterocycles. The summed E-state index contributed by atoms with van der Waals surface area (Å²) >= 11 is 0. The van der Waals surface area contributed by atoms with Crippen LogP contribution in [0.1, 0.15) is 45.6 Å². The summed E-state index contributed by atoms with van der Waals surface area (Å²) in [5.74, 6) is 0.101. The van der Waals surface area contributed by atoms with Crippen LogP contribution in [-0.2, 0) is 10.2 Å². The Bertz CT molecular complexity index is 436. The molecule has 0 bridgehead atoms. The molecule has 1 aliphatic rings. The Morgan fingerprint density at radius 1 is 1.30 bits per heavy atom. The monoisotopic (exact) mass is 274 g/mol. The van der Waals surface area contributed by atoms with Crippen molar-refractivity contribution in [1.29, 1.82) is 0 Å². The van der Waals surface area contributed by atoms with Crippen molar-refractivity contribution < 1.29 is 4.79 Å². The van der Waals surface area contributed by atoms with E-state index in [9.17, 15) is 4.79 Å². The molecule has 1 saturated heterocycles. The highest BCUT2D eigenvalue weighted by Gasteiger charge is 2.32. The van der Waals surface area contributed by atoms with Gasteiger partial charge in [0, 0.05) is 12.1 Å². The zero-order chi connectivity index (χ0) is 14.6. The fourth-order valence-corrected chi connectivity index (χ4v) is 2.78. The van der Waals surface area contributed by atoms with Gasteiger partial charge in [-0.05, 0) is 45.7 Å². The maximum atomic E-state index is 12.6. The maximum absolute atomic E-state index is 12.6. The second-order valence-corrected chi connectivity index (χ2v) is 6.31. The van der Waals surface area contributed by atoms with Crippen LogP contribution in [0.5, 0.6) is 0 Å². The lowest BCUT2D eigenvalue weighted by Gasteiger charge is -2.32. The average molecular weight is 274 g/mol. The zero-order valence-corrected chi connectivity index (χ0v) is 12.8. The Morgan fingerprint density at radius 3 is 2.60 bits per heavy atom. The van der Waals surface area contributed by atoms with Crippen molar-refractivity contribution in [1.82, 2.24) is 10.6 Å². The second kappa shape index (κ2) is 6.40. The third-order valence-electron chi connectivity index (χ3n) is 4.37. The Balaban J connectivity index is 2.00. The van der Waals surface area contributed by atoms with Crippen molar-refractivity contribution in [2.24, 2.45) is 0 Å². The number of carbonyl (C=O) groups excluding carboxylic acids is 1. The van der Waals surface area contributed by atoms with E-state index in [4.69, 9.17) is 0 Å². The molecule has 1 aromatic carbocycles. The molecule has 0 spiro atoms. The number of hydrogen-bond acceptors (Lipinski definition) is 2. The lowest BCUT2D eigenvalue weighted by molar-refractivity contribution is -0.126. The molecule has 1 amide bonds. The summed E-state index contributed by atoms with van der Waals surface area (Å²) in [5.41, 5.74) is 0.561. The van der Waals surface area contributed by atoms with Crippen molar-refractivity contribution in [3.63, 3.8) is 0 Å². The molecule has 1 aliphatic heterocycles. The first kappa shape index (κ1) is 15.0. The Kier molecular flexibility index (Phi) is 4.81. The molecule has 110 valence electrons. The van der Waals surface area contributed by atoms with E-state index < -0.39 is 5.41 Å². The van der Waals surface area contributed by atoms with E-state index in [0.717, 1.165) is 18.5 Å². The van der Waals surface area contributed by atoms with E-state index in [-0.39, 0.29) is 11.9 Å². The minimum atomic E-state index is -0.496. The van der Waals surface area contributed by atoms with Crippen LogP contribution in [0, 0.1) is 0 Å². The first-order valence-corrected chi connectivity index (χ1v) is 7.61. The van der Waals surface area contributed by atoms with Crippen LogP contribution in [-0.4, -0.2) is 24.5 Å². The third kappa shape index (κ3) is 3.40. The molecule has 0 aliphatic carbocycles. The summed E-state index contributed by atoms with van der Waals surface area (Å²) in [6.45, 7) is 7.13. The molecule has 2 atom stereocenters. The van der Waals surface area contributed by atoms with Crippen molar-refractivity contribution >= 4 is 5.91 Å². The smallest absolute Gasteiger partial charge is 0.230 e. The Hall–Kier alpha value is -1.35.